The number of benzene rings is 1. The standard InChI is InChI=1S/C16H27NO2/c1-5-10-18-11-9-16(17-4)14-7-6-8-15(12-14)19-13(2)3/h6-8,12-13,16-17H,5,9-11H2,1-4H3. The van der Waals surface area contributed by atoms with E-state index in [0.717, 1.165) is 31.8 Å². The molecule has 0 radical (unpaired) electrons. The molecule has 1 aromatic rings. The van der Waals surface area contributed by atoms with Crippen molar-refractivity contribution >= 4 is 0 Å². The van der Waals surface area contributed by atoms with Gasteiger partial charge in [-0.3, -0.25) is 0 Å². The molecule has 1 rings (SSSR count). The maximum atomic E-state index is 5.73. The smallest absolute Gasteiger partial charge is 0.120 e. The van der Waals surface area contributed by atoms with E-state index in [0.29, 0.717) is 6.04 Å². The summed E-state index contributed by atoms with van der Waals surface area (Å²) in [7, 11) is 1.99. The lowest BCUT2D eigenvalue weighted by Gasteiger charge is -2.18. The second-order valence-electron chi connectivity index (χ2n) is 4.98. The third-order valence-corrected chi connectivity index (χ3v) is 2.88. The van der Waals surface area contributed by atoms with Crippen molar-refractivity contribution in [3.8, 4) is 5.75 Å². The summed E-state index contributed by atoms with van der Waals surface area (Å²) in [6.45, 7) is 7.84. The van der Waals surface area contributed by atoms with Crippen LogP contribution in [0, 0.1) is 0 Å². The van der Waals surface area contributed by atoms with Gasteiger partial charge in [-0.05, 0) is 51.4 Å². The summed E-state index contributed by atoms with van der Waals surface area (Å²) >= 11 is 0. The van der Waals surface area contributed by atoms with E-state index in [2.05, 4.69) is 24.4 Å². The molecule has 1 N–H and O–H groups in total. The quantitative estimate of drug-likeness (QED) is 0.693. The normalized spacial score (nSPS) is 12.7. The van der Waals surface area contributed by atoms with Gasteiger partial charge >= 0.3 is 0 Å². The van der Waals surface area contributed by atoms with E-state index in [1.54, 1.807) is 0 Å². The average Bonchev–Trinajstić information content (AvgIpc) is 2.38. The molecule has 0 aliphatic rings. The highest BCUT2D eigenvalue weighted by Gasteiger charge is 2.10. The van der Waals surface area contributed by atoms with Gasteiger partial charge in [-0.15, -0.1) is 0 Å². The van der Waals surface area contributed by atoms with Crippen LogP contribution in [0.2, 0.25) is 0 Å². The number of nitrogens with one attached hydrogen (secondary N) is 1. The molecule has 19 heavy (non-hydrogen) atoms. The van der Waals surface area contributed by atoms with Crippen molar-refractivity contribution < 1.29 is 9.47 Å². The average molecular weight is 265 g/mol. The molecule has 0 aliphatic heterocycles. The van der Waals surface area contributed by atoms with Gasteiger partial charge in [0, 0.05) is 19.3 Å². The van der Waals surface area contributed by atoms with E-state index in [1.807, 2.05) is 33.0 Å². The van der Waals surface area contributed by atoms with Gasteiger partial charge in [0.1, 0.15) is 5.75 Å². The van der Waals surface area contributed by atoms with E-state index >= 15 is 0 Å². The Morgan fingerprint density at radius 1 is 1.21 bits per heavy atom. The zero-order valence-corrected chi connectivity index (χ0v) is 12.6. The lowest BCUT2D eigenvalue weighted by atomic mass is 10.0. The van der Waals surface area contributed by atoms with Gasteiger partial charge in [-0.1, -0.05) is 19.1 Å². The Morgan fingerprint density at radius 2 is 2.00 bits per heavy atom. The Morgan fingerprint density at radius 3 is 2.63 bits per heavy atom. The lowest BCUT2D eigenvalue weighted by molar-refractivity contribution is 0.125. The summed E-state index contributed by atoms with van der Waals surface area (Å²) in [5.74, 6) is 0.933. The molecule has 0 aliphatic carbocycles. The Bertz CT molecular complexity index is 352. The Kier molecular flexibility index (Phi) is 7.53. The van der Waals surface area contributed by atoms with Crippen molar-refractivity contribution in [1.82, 2.24) is 5.32 Å². The van der Waals surface area contributed by atoms with Crippen molar-refractivity contribution in [2.45, 2.75) is 45.8 Å². The lowest BCUT2D eigenvalue weighted by Crippen LogP contribution is -2.18. The monoisotopic (exact) mass is 265 g/mol. The van der Waals surface area contributed by atoms with Gasteiger partial charge < -0.3 is 14.8 Å². The first-order valence-corrected chi connectivity index (χ1v) is 7.19. The van der Waals surface area contributed by atoms with Crippen LogP contribution >= 0.6 is 0 Å². The van der Waals surface area contributed by atoms with E-state index < -0.39 is 0 Å². The minimum absolute atomic E-state index is 0.205. The maximum Gasteiger partial charge on any atom is 0.120 e. The second kappa shape index (κ2) is 8.94. The Balaban J connectivity index is 2.59. The predicted molar refractivity (Wildman–Crippen MR) is 79.7 cm³/mol. The summed E-state index contributed by atoms with van der Waals surface area (Å²) < 4.78 is 11.3. The molecule has 3 heteroatoms. The van der Waals surface area contributed by atoms with Crippen molar-refractivity contribution in [3.05, 3.63) is 29.8 Å². The van der Waals surface area contributed by atoms with E-state index in [1.165, 1.54) is 5.56 Å². The Labute approximate surface area is 117 Å². The van der Waals surface area contributed by atoms with E-state index in [-0.39, 0.29) is 6.10 Å². The van der Waals surface area contributed by atoms with Gasteiger partial charge in [-0.25, -0.2) is 0 Å². The minimum atomic E-state index is 0.205. The molecule has 1 unspecified atom stereocenters. The fraction of sp³-hybridized carbons (Fsp3) is 0.625. The van der Waals surface area contributed by atoms with Gasteiger partial charge in [0.15, 0.2) is 0 Å². The van der Waals surface area contributed by atoms with E-state index in [4.69, 9.17) is 9.47 Å². The number of hydrogen-bond donors (Lipinski definition) is 1. The molecule has 0 fully saturated rings. The molecule has 1 aromatic carbocycles. The topological polar surface area (TPSA) is 30.5 Å². The fourth-order valence-corrected chi connectivity index (χ4v) is 2.00. The Hall–Kier alpha value is -1.06. The molecule has 0 amide bonds. The van der Waals surface area contributed by atoms with Crippen LogP contribution in [0.25, 0.3) is 0 Å². The molecule has 0 saturated heterocycles. The maximum absolute atomic E-state index is 5.73. The minimum Gasteiger partial charge on any atom is -0.491 e. The number of ether oxygens (including phenoxy) is 2. The van der Waals surface area contributed by atoms with E-state index in [9.17, 15) is 0 Å². The van der Waals surface area contributed by atoms with Crippen LogP contribution in [0.5, 0.6) is 5.75 Å². The zero-order valence-electron chi connectivity index (χ0n) is 12.6. The number of hydrogen-bond acceptors (Lipinski definition) is 3. The molecule has 1 atom stereocenters. The van der Waals surface area contributed by atoms with Gasteiger partial charge in [-0.2, -0.15) is 0 Å². The fourth-order valence-electron chi connectivity index (χ4n) is 2.00. The summed E-state index contributed by atoms with van der Waals surface area (Å²) in [5.41, 5.74) is 1.25. The van der Waals surface area contributed by atoms with Crippen molar-refractivity contribution in [2.24, 2.45) is 0 Å². The highest BCUT2D eigenvalue weighted by Crippen LogP contribution is 2.22. The summed E-state index contributed by atoms with van der Waals surface area (Å²) in [5, 5.41) is 3.34. The first-order valence-electron chi connectivity index (χ1n) is 7.19. The molecule has 3 nitrogen and oxygen atoms in total. The molecule has 0 saturated carbocycles. The third-order valence-electron chi connectivity index (χ3n) is 2.88. The van der Waals surface area contributed by atoms with Crippen LogP contribution in [0.1, 0.15) is 45.2 Å². The molecule has 0 spiro atoms. The highest BCUT2D eigenvalue weighted by molar-refractivity contribution is 5.30. The van der Waals surface area contributed by atoms with Crippen LogP contribution in [0.15, 0.2) is 24.3 Å². The molecular weight excluding hydrogens is 238 g/mol. The molecule has 0 heterocycles. The van der Waals surface area contributed by atoms with Crippen LogP contribution < -0.4 is 10.1 Å². The molecule has 108 valence electrons. The second-order valence-corrected chi connectivity index (χ2v) is 4.98. The predicted octanol–water partition coefficient (Wildman–Crippen LogP) is 3.55. The van der Waals surface area contributed by atoms with Gasteiger partial charge in [0.2, 0.25) is 0 Å². The van der Waals surface area contributed by atoms with Crippen molar-refractivity contribution in [3.63, 3.8) is 0 Å². The zero-order chi connectivity index (χ0) is 14.1. The molecule has 0 aromatic heterocycles. The number of rotatable bonds is 9. The third kappa shape index (κ3) is 6.08. The molecule has 0 bridgehead atoms. The summed E-state index contributed by atoms with van der Waals surface area (Å²) in [6, 6.07) is 8.61. The van der Waals surface area contributed by atoms with Crippen LogP contribution in [0.3, 0.4) is 0 Å². The SMILES string of the molecule is CCCOCCC(NC)c1cccc(OC(C)C)c1. The van der Waals surface area contributed by atoms with Crippen molar-refractivity contribution in [1.29, 1.82) is 0 Å². The first-order chi connectivity index (χ1) is 9.17. The van der Waals surface area contributed by atoms with Crippen LogP contribution in [-0.4, -0.2) is 26.4 Å². The van der Waals surface area contributed by atoms with Gasteiger partial charge in [0.05, 0.1) is 6.10 Å². The van der Waals surface area contributed by atoms with Crippen LogP contribution in [-0.2, 0) is 4.74 Å². The summed E-state index contributed by atoms with van der Waals surface area (Å²) in [6.07, 6.45) is 2.25. The van der Waals surface area contributed by atoms with Crippen LogP contribution in [0.4, 0.5) is 0 Å². The van der Waals surface area contributed by atoms with Crippen molar-refractivity contribution in [2.75, 3.05) is 20.3 Å². The molecular formula is C16H27NO2. The summed E-state index contributed by atoms with van der Waals surface area (Å²) in [4.78, 5) is 0. The van der Waals surface area contributed by atoms with Gasteiger partial charge in [0.25, 0.3) is 0 Å². The first kappa shape index (κ1) is 16.0. The largest absolute Gasteiger partial charge is 0.491 e. The highest BCUT2D eigenvalue weighted by atomic mass is 16.5.